The number of carbonyl (C=O) groups is 1. The molecule has 1 aromatic carbocycles. The van der Waals surface area contributed by atoms with Gasteiger partial charge in [-0.3, -0.25) is 0 Å². The van der Waals surface area contributed by atoms with Gasteiger partial charge in [0, 0.05) is 43.6 Å². The van der Waals surface area contributed by atoms with Crippen LogP contribution in [0.5, 0.6) is 0 Å². The number of aromatic nitrogens is 2. The molecule has 1 N–H and O–H groups in total. The van der Waals surface area contributed by atoms with Crippen molar-refractivity contribution in [2.75, 3.05) is 43.0 Å². The number of carbonyl (C=O) groups excluding carboxylic acids is 1. The summed E-state index contributed by atoms with van der Waals surface area (Å²) in [7, 11) is 0. The molecule has 7 heteroatoms. The zero-order valence-electron chi connectivity index (χ0n) is 15.5. The zero-order valence-corrected chi connectivity index (χ0v) is 15.5. The molecule has 1 fully saturated rings. The van der Waals surface area contributed by atoms with Crippen molar-refractivity contribution in [3.8, 4) is 0 Å². The van der Waals surface area contributed by atoms with Crippen molar-refractivity contribution in [2.24, 2.45) is 0 Å². The molecule has 2 aromatic rings. The highest BCUT2D eigenvalue weighted by Crippen LogP contribution is 2.20. The quantitative estimate of drug-likeness (QED) is 0.909. The third-order valence-corrected chi connectivity index (χ3v) is 4.22. The van der Waals surface area contributed by atoms with Gasteiger partial charge in [-0.1, -0.05) is 12.1 Å². The van der Waals surface area contributed by atoms with E-state index in [1.165, 1.54) is 5.56 Å². The third-order valence-electron chi connectivity index (χ3n) is 4.22. The van der Waals surface area contributed by atoms with Gasteiger partial charge >= 0.3 is 6.09 Å². The topological polar surface area (TPSA) is 70.6 Å². The van der Waals surface area contributed by atoms with E-state index in [1.807, 2.05) is 32.0 Å². The predicted molar refractivity (Wildman–Crippen MR) is 102 cm³/mol. The van der Waals surface area contributed by atoms with Crippen molar-refractivity contribution in [1.82, 2.24) is 14.9 Å². The predicted octanol–water partition coefficient (Wildman–Crippen LogP) is 3.12. The van der Waals surface area contributed by atoms with E-state index < -0.39 is 0 Å². The number of anilines is 3. The Bertz CT molecular complexity index is 772. The number of amides is 1. The van der Waals surface area contributed by atoms with Crippen molar-refractivity contribution in [3.63, 3.8) is 0 Å². The lowest BCUT2D eigenvalue weighted by molar-refractivity contribution is 0.105. The summed E-state index contributed by atoms with van der Waals surface area (Å²) in [5.41, 5.74) is 3.09. The SMILES string of the molecule is CCOC(=O)N1CCN(c2nc(C)cc(Nc3cccc(C)c3)n2)CC1. The van der Waals surface area contributed by atoms with Crippen molar-refractivity contribution in [1.29, 1.82) is 0 Å². The minimum absolute atomic E-state index is 0.251. The van der Waals surface area contributed by atoms with Gasteiger partial charge < -0.3 is 19.9 Å². The summed E-state index contributed by atoms with van der Waals surface area (Å²) in [6, 6.07) is 10.1. The molecule has 7 nitrogen and oxygen atoms in total. The monoisotopic (exact) mass is 355 g/mol. The van der Waals surface area contributed by atoms with Gasteiger partial charge in [-0.05, 0) is 38.5 Å². The van der Waals surface area contributed by atoms with E-state index in [4.69, 9.17) is 4.74 Å². The zero-order chi connectivity index (χ0) is 18.5. The number of hydrogen-bond acceptors (Lipinski definition) is 6. The molecule has 138 valence electrons. The first-order valence-electron chi connectivity index (χ1n) is 8.91. The standard InChI is InChI=1S/C19H25N5O2/c1-4-26-19(25)24-10-8-23(9-11-24)18-20-15(3)13-17(22-18)21-16-7-5-6-14(2)12-16/h5-7,12-13H,4,8-11H2,1-3H3,(H,20,21,22). The van der Waals surface area contributed by atoms with Gasteiger partial charge in [-0.15, -0.1) is 0 Å². The van der Waals surface area contributed by atoms with Gasteiger partial charge in [-0.25, -0.2) is 9.78 Å². The van der Waals surface area contributed by atoms with Gasteiger partial charge in [0.25, 0.3) is 0 Å². The van der Waals surface area contributed by atoms with Crippen LogP contribution >= 0.6 is 0 Å². The second-order valence-electron chi connectivity index (χ2n) is 6.36. The Labute approximate surface area is 154 Å². The minimum atomic E-state index is -0.251. The summed E-state index contributed by atoms with van der Waals surface area (Å²) in [6.45, 7) is 8.82. The average Bonchev–Trinajstić information content (AvgIpc) is 2.61. The summed E-state index contributed by atoms with van der Waals surface area (Å²) < 4.78 is 5.06. The molecule has 0 atom stereocenters. The molecule has 1 amide bonds. The second kappa shape index (κ2) is 8.03. The molecule has 0 aliphatic carbocycles. The van der Waals surface area contributed by atoms with Crippen molar-refractivity contribution in [3.05, 3.63) is 41.6 Å². The molecule has 0 unspecified atom stereocenters. The Hall–Kier alpha value is -2.83. The van der Waals surface area contributed by atoms with Crippen molar-refractivity contribution < 1.29 is 9.53 Å². The number of piperazine rings is 1. The van der Waals surface area contributed by atoms with Crippen LogP contribution in [0.4, 0.5) is 22.2 Å². The highest BCUT2D eigenvalue weighted by atomic mass is 16.6. The molecule has 0 radical (unpaired) electrons. The van der Waals surface area contributed by atoms with Crippen LogP contribution in [-0.2, 0) is 4.74 Å². The van der Waals surface area contributed by atoms with E-state index >= 15 is 0 Å². The Balaban J connectivity index is 1.69. The average molecular weight is 355 g/mol. The molecular weight excluding hydrogens is 330 g/mol. The molecule has 2 heterocycles. The van der Waals surface area contributed by atoms with Crippen LogP contribution in [-0.4, -0.2) is 53.7 Å². The van der Waals surface area contributed by atoms with Gasteiger partial charge in [0.1, 0.15) is 5.82 Å². The Kier molecular flexibility index (Phi) is 5.55. The van der Waals surface area contributed by atoms with E-state index in [2.05, 4.69) is 39.2 Å². The first-order valence-corrected chi connectivity index (χ1v) is 8.91. The van der Waals surface area contributed by atoms with Crippen LogP contribution in [0.25, 0.3) is 0 Å². The molecule has 1 saturated heterocycles. The van der Waals surface area contributed by atoms with E-state index in [-0.39, 0.29) is 6.09 Å². The third kappa shape index (κ3) is 4.41. The molecule has 1 aliphatic rings. The number of benzene rings is 1. The maximum atomic E-state index is 11.8. The summed E-state index contributed by atoms with van der Waals surface area (Å²) in [6.07, 6.45) is -0.251. The number of ether oxygens (including phenoxy) is 1. The number of nitrogens with one attached hydrogen (secondary N) is 1. The molecule has 26 heavy (non-hydrogen) atoms. The maximum absolute atomic E-state index is 11.8. The van der Waals surface area contributed by atoms with Gasteiger partial charge in [0.2, 0.25) is 5.95 Å². The van der Waals surface area contributed by atoms with Gasteiger partial charge in [-0.2, -0.15) is 4.98 Å². The Morgan fingerprint density at radius 2 is 1.92 bits per heavy atom. The lowest BCUT2D eigenvalue weighted by Gasteiger charge is -2.34. The van der Waals surface area contributed by atoms with Crippen molar-refractivity contribution in [2.45, 2.75) is 20.8 Å². The van der Waals surface area contributed by atoms with Crippen LogP contribution in [0.1, 0.15) is 18.2 Å². The summed E-state index contributed by atoms with van der Waals surface area (Å²) in [5.74, 6) is 1.45. The van der Waals surface area contributed by atoms with Crippen LogP contribution in [0, 0.1) is 13.8 Å². The number of hydrogen-bond donors (Lipinski definition) is 1. The van der Waals surface area contributed by atoms with Crippen LogP contribution in [0.2, 0.25) is 0 Å². The first-order chi connectivity index (χ1) is 12.5. The smallest absolute Gasteiger partial charge is 0.409 e. The largest absolute Gasteiger partial charge is 0.450 e. The lowest BCUT2D eigenvalue weighted by atomic mass is 10.2. The maximum Gasteiger partial charge on any atom is 0.409 e. The normalized spacial score (nSPS) is 14.3. The fourth-order valence-electron chi connectivity index (χ4n) is 2.93. The van der Waals surface area contributed by atoms with Crippen molar-refractivity contribution >= 4 is 23.5 Å². The highest BCUT2D eigenvalue weighted by molar-refractivity contribution is 5.68. The Morgan fingerprint density at radius 1 is 1.15 bits per heavy atom. The number of aryl methyl sites for hydroxylation is 2. The fraction of sp³-hybridized carbons (Fsp3) is 0.421. The molecule has 1 aromatic heterocycles. The lowest BCUT2D eigenvalue weighted by Crippen LogP contribution is -2.49. The van der Waals surface area contributed by atoms with Crippen LogP contribution < -0.4 is 10.2 Å². The summed E-state index contributed by atoms with van der Waals surface area (Å²) in [5, 5.41) is 3.35. The van der Waals surface area contributed by atoms with Crippen LogP contribution in [0.3, 0.4) is 0 Å². The minimum Gasteiger partial charge on any atom is -0.450 e. The number of nitrogens with zero attached hydrogens (tertiary/aromatic N) is 4. The molecule has 3 rings (SSSR count). The molecular formula is C19H25N5O2. The molecule has 0 spiro atoms. The molecule has 0 saturated carbocycles. The van der Waals surface area contributed by atoms with E-state index in [1.54, 1.807) is 4.90 Å². The van der Waals surface area contributed by atoms with Gasteiger partial charge in [0.05, 0.1) is 6.61 Å². The first kappa shape index (κ1) is 18.0. The fourth-order valence-corrected chi connectivity index (χ4v) is 2.93. The number of rotatable bonds is 4. The van der Waals surface area contributed by atoms with E-state index in [0.29, 0.717) is 38.7 Å². The van der Waals surface area contributed by atoms with Crippen LogP contribution in [0.15, 0.2) is 30.3 Å². The van der Waals surface area contributed by atoms with E-state index in [0.717, 1.165) is 17.2 Å². The summed E-state index contributed by atoms with van der Waals surface area (Å²) in [4.78, 5) is 24.9. The van der Waals surface area contributed by atoms with Gasteiger partial charge in [0.15, 0.2) is 0 Å². The highest BCUT2D eigenvalue weighted by Gasteiger charge is 2.23. The van der Waals surface area contributed by atoms with E-state index in [9.17, 15) is 4.79 Å². The molecule has 1 aliphatic heterocycles. The second-order valence-corrected chi connectivity index (χ2v) is 6.36. The Morgan fingerprint density at radius 3 is 2.62 bits per heavy atom. The molecule has 0 bridgehead atoms. The summed E-state index contributed by atoms with van der Waals surface area (Å²) >= 11 is 0.